The first-order chi connectivity index (χ1) is 12.4. The van der Waals surface area contributed by atoms with E-state index in [0.29, 0.717) is 0 Å². The molecule has 0 rings (SSSR count). The summed E-state index contributed by atoms with van der Waals surface area (Å²) >= 11 is 0. The van der Waals surface area contributed by atoms with Crippen molar-refractivity contribution in [1.29, 1.82) is 5.41 Å². The second-order valence-electron chi connectivity index (χ2n) is 7.36. The molecule has 0 aromatic rings. The molecule has 1 N–H and O–H groups in total. The fourth-order valence-electron chi connectivity index (χ4n) is 3.32. The minimum atomic E-state index is 0.985. The van der Waals surface area contributed by atoms with Crippen LogP contribution in [-0.2, 0) is 0 Å². The molecule has 0 atom stereocenters. The van der Waals surface area contributed by atoms with Crippen LogP contribution < -0.4 is 0 Å². The Morgan fingerprint density at radius 2 is 0.680 bits per heavy atom. The molecule has 0 aromatic heterocycles. The van der Waals surface area contributed by atoms with E-state index in [4.69, 9.17) is 5.41 Å². The van der Waals surface area contributed by atoms with E-state index >= 15 is 0 Å². The van der Waals surface area contributed by atoms with Crippen molar-refractivity contribution in [1.82, 2.24) is 0 Å². The molecule has 0 saturated carbocycles. The van der Waals surface area contributed by atoms with Gasteiger partial charge in [-0.2, -0.15) is 0 Å². The lowest BCUT2D eigenvalue weighted by Crippen LogP contribution is -1.84. The molecule has 0 unspecified atom stereocenters. The summed E-state index contributed by atoms with van der Waals surface area (Å²) in [5, 5.41) is 6.98. The summed E-state index contributed by atoms with van der Waals surface area (Å²) in [6, 6.07) is 0. The normalized spacial score (nSPS) is 10.4. The molecule has 0 amide bonds. The van der Waals surface area contributed by atoms with Crippen LogP contribution in [0.3, 0.4) is 0 Å². The lowest BCUT2D eigenvalue weighted by atomic mass is 10.0. The maximum atomic E-state index is 6.98. The molecule has 1 heteroatoms. The Labute approximate surface area is 161 Å². The van der Waals surface area contributed by atoms with Gasteiger partial charge in [-0.25, -0.2) is 0 Å². The van der Waals surface area contributed by atoms with Crippen molar-refractivity contribution in [3.63, 3.8) is 0 Å². The van der Waals surface area contributed by atoms with Crippen molar-refractivity contribution in [3.05, 3.63) is 0 Å². The van der Waals surface area contributed by atoms with Gasteiger partial charge in [0.15, 0.2) is 0 Å². The smallest absolute Gasteiger partial charge is 0.00477 e. The van der Waals surface area contributed by atoms with Gasteiger partial charge >= 0.3 is 0 Å². The molecular weight excluding hydrogens is 302 g/mol. The fraction of sp³-hybridized carbons (Fsp3) is 0.958. The van der Waals surface area contributed by atoms with E-state index in [1.807, 2.05) is 13.8 Å². The van der Waals surface area contributed by atoms with Crippen LogP contribution in [0.25, 0.3) is 0 Å². The summed E-state index contributed by atoms with van der Waals surface area (Å²) in [7, 11) is 0. The fourth-order valence-corrected chi connectivity index (χ4v) is 3.32. The van der Waals surface area contributed by atoms with Gasteiger partial charge in [-0.3, -0.25) is 0 Å². The predicted octanol–water partition coefficient (Wildman–Crippen LogP) is 9.48. The highest BCUT2D eigenvalue weighted by molar-refractivity contribution is 5.52. The summed E-state index contributed by atoms with van der Waals surface area (Å²) in [6.07, 6.45) is 29.7. The van der Waals surface area contributed by atoms with Gasteiger partial charge in [-0.15, -0.1) is 0 Å². The molecule has 0 heterocycles. The third-order valence-electron chi connectivity index (χ3n) is 4.95. The quantitative estimate of drug-likeness (QED) is 0.166. The van der Waals surface area contributed by atoms with Gasteiger partial charge in [0.2, 0.25) is 0 Å². The summed E-state index contributed by atoms with van der Waals surface area (Å²) in [5.74, 6) is 0. The highest BCUT2D eigenvalue weighted by atomic mass is 14.3. The molecule has 152 valence electrons. The van der Waals surface area contributed by atoms with Crippen LogP contribution in [0.15, 0.2) is 0 Å². The Morgan fingerprint density at radius 3 is 0.920 bits per heavy atom. The van der Waals surface area contributed by atoms with E-state index in [1.54, 1.807) is 6.21 Å². The van der Waals surface area contributed by atoms with Crippen LogP contribution in [0.5, 0.6) is 0 Å². The summed E-state index contributed by atoms with van der Waals surface area (Å²) in [4.78, 5) is 0. The second-order valence-corrected chi connectivity index (χ2v) is 7.36. The zero-order valence-electron chi connectivity index (χ0n) is 18.2. The lowest BCUT2D eigenvalue weighted by molar-refractivity contribution is 0.524. The summed E-state index contributed by atoms with van der Waals surface area (Å²) < 4.78 is 0. The molecule has 0 aliphatic rings. The van der Waals surface area contributed by atoms with Crippen LogP contribution >= 0.6 is 0 Å². The Bertz CT molecular complexity index is 212. The number of nitrogens with one attached hydrogen (secondary N) is 1. The van der Waals surface area contributed by atoms with E-state index in [1.165, 1.54) is 122 Å². The monoisotopic (exact) mass is 353 g/mol. The van der Waals surface area contributed by atoms with Crippen LogP contribution in [0.4, 0.5) is 0 Å². The standard InChI is InChI=1S/C22H45N.C2H6/c1-2-3-4-5-6-7-8-9-10-11-12-13-14-15-16-17-18-19-20-21-22-23;1-2/h22-23H,2-21H2,1H3;1-2H3. The van der Waals surface area contributed by atoms with Gasteiger partial charge in [-0.05, 0) is 19.1 Å². The lowest BCUT2D eigenvalue weighted by Gasteiger charge is -2.03. The van der Waals surface area contributed by atoms with E-state index in [0.717, 1.165) is 6.42 Å². The minimum Gasteiger partial charge on any atom is -0.313 e. The molecule has 0 aliphatic carbocycles. The van der Waals surface area contributed by atoms with Gasteiger partial charge in [0.1, 0.15) is 0 Å². The number of rotatable bonds is 20. The third-order valence-corrected chi connectivity index (χ3v) is 4.95. The molecular formula is C24H51N. The van der Waals surface area contributed by atoms with Crippen molar-refractivity contribution in [2.24, 2.45) is 0 Å². The van der Waals surface area contributed by atoms with Gasteiger partial charge in [0, 0.05) is 0 Å². The van der Waals surface area contributed by atoms with E-state index in [2.05, 4.69) is 6.92 Å². The van der Waals surface area contributed by atoms with Crippen molar-refractivity contribution in [2.45, 2.75) is 149 Å². The van der Waals surface area contributed by atoms with Crippen molar-refractivity contribution < 1.29 is 0 Å². The van der Waals surface area contributed by atoms with E-state index in [-0.39, 0.29) is 0 Å². The van der Waals surface area contributed by atoms with Crippen molar-refractivity contribution in [2.75, 3.05) is 0 Å². The van der Waals surface area contributed by atoms with Gasteiger partial charge in [0.05, 0.1) is 0 Å². The molecule has 0 bridgehead atoms. The molecule has 25 heavy (non-hydrogen) atoms. The third kappa shape index (κ3) is 28.7. The molecule has 0 fully saturated rings. The summed E-state index contributed by atoms with van der Waals surface area (Å²) in [6.45, 7) is 6.29. The Balaban J connectivity index is 0. The number of unbranched alkanes of at least 4 members (excludes halogenated alkanes) is 19. The number of hydrogen-bond acceptors (Lipinski definition) is 1. The second kappa shape index (κ2) is 28.5. The van der Waals surface area contributed by atoms with Crippen molar-refractivity contribution >= 4 is 6.21 Å². The summed E-state index contributed by atoms with van der Waals surface area (Å²) in [5.41, 5.74) is 0. The minimum absolute atomic E-state index is 0.985. The first-order valence-corrected chi connectivity index (χ1v) is 11.9. The molecule has 0 aliphatic heterocycles. The van der Waals surface area contributed by atoms with Gasteiger partial charge < -0.3 is 5.41 Å². The molecule has 0 radical (unpaired) electrons. The first-order valence-electron chi connectivity index (χ1n) is 11.9. The SMILES string of the molecule is CC.CCCCCCCCCCCCCCCCCCCCCC=N. The zero-order chi connectivity index (χ0) is 18.8. The van der Waals surface area contributed by atoms with E-state index < -0.39 is 0 Å². The van der Waals surface area contributed by atoms with Crippen LogP contribution in [0, 0.1) is 5.41 Å². The largest absolute Gasteiger partial charge is 0.313 e. The van der Waals surface area contributed by atoms with Crippen LogP contribution in [0.2, 0.25) is 0 Å². The zero-order valence-corrected chi connectivity index (χ0v) is 18.2. The maximum absolute atomic E-state index is 6.98. The molecule has 0 aromatic carbocycles. The Kier molecular flexibility index (Phi) is 30.6. The Hall–Kier alpha value is -0.330. The van der Waals surface area contributed by atoms with E-state index in [9.17, 15) is 0 Å². The Morgan fingerprint density at radius 1 is 0.440 bits per heavy atom. The molecule has 1 nitrogen and oxygen atoms in total. The first kappa shape index (κ1) is 26.9. The highest BCUT2D eigenvalue weighted by Crippen LogP contribution is 2.14. The average molecular weight is 354 g/mol. The predicted molar refractivity (Wildman–Crippen MR) is 118 cm³/mol. The average Bonchev–Trinajstić information content (AvgIpc) is 2.65. The van der Waals surface area contributed by atoms with Gasteiger partial charge in [-0.1, -0.05) is 136 Å². The van der Waals surface area contributed by atoms with Crippen LogP contribution in [-0.4, -0.2) is 6.21 Å². The van der Waals surface area contributed by atoms with Crippen molar-refractivity contribution in [3.8, 4) is 0 Å². The maximum Gasteiger partial charge on any atom is -0.00477 e. The highest BCUT2D eigenvalue weighted by Gasteiger charge is 1.95. The molecule has 0 spiro atoms. The molecule has 0 saturated heterocycles. The number of hydrogen-bond donors (Lipinski definition) is 1. The van der Waals surface area contributed by atoms with Crippen LogP contribution in [0.1, 0.15) is 149 Å². The topological polar surface area (TPSA) is 23.9 Å². The van der Waals surface area contributed by atoms with Gasteiger partial charge in [0.25, 0.3) is 0 Å².